The van der Waals surface area contributed by atoms with Crippen LogP contribution in [0.15, 0.2) is 24.3 Å². The molecule has 3 rings (SSSR count). The Morgan fingerprint density at radius 2 is 1.91 bits per heavy atom. The Labute approximate surface area is 136 Å². The van der Waals surface area contributed by atoms with Crippen LogP contribution in [-0.4, -0.2) is 36.6 Å². The van der Waals surface area contributed by atoms with E-state index in [1.807, 2.05) is 0 Å². The van der Waals surface area contributed by atoms with Crippen LogP contribution in [-0.2, 0) is 6.42 Å². The van der Waals surface area contributed by atoms with Crippen molar-refractivity contribution in [1.29, 1.82) is 0 Å². The zero-order valence-corrected chi connectivity index (χ0v) is 14.4. The molecular formula is C20H32N2. The van der Waals surface area contributed by atoms with Gasteiger partial charge in [-0.25, -0.2) is 0 Å². The highest BCUT2D eigenvalue weighted by molar-refractivity contribution is 5.26. The highest BCUT2D eigenvalue weighted by Gasteiger charge is 2.26. The summed E-state index contributed by atoms with van der Waals surface area (Å²) in [5.41, 5.74) is 3.01. The Morgan fingerprint density at radius 3 is 2.59 bits per heavy atom. The van der Waals surface area contributed by atoms with E-state index in [0.29, 0.717) is 6.04 Å². The van der Waals surface area contributed by atoms with Gasteiger partial charge in [0, 0.05) is 12.1 Å². The third kappa shape index (κ3) is 3.91. The summed E-state index contributed by atoms with van der Waals surface area (Å²) in [7, 11) is 0. The van der Waals surface area contributed by atoms with Crippen LogP contribution in [0.4, 0.5) is 0 Å². The standard InChI is InChI=1S/C20H32N2/c1-3-17-6-8-18(9-7-17)19-10-11-21-20(15-19)14-16(2)22-12-4-5-13-22/h6-9,16,19-21H,3-5,10-15H2,1-2H3/t16?,19?,20-/m0/s1. The number of likely N-dealkylation sites (tertiary alicyclic amines) is 1. The van der Waals surface area contributed by atoms with Crippen LogP contribution in [0.1, 0.15) is 63.0 Å². The monoisotopic (exact) mass is 300 g/mol. The fourth-order valence-electron chi connectivity index (χ4n) is 4.26. The molecule has 0 radical (unpaired) electrons. The van der Waals surface area contributed by atoms with Gasteiger partial charge in [0.2, 0.25) is 0 Å². The quantitative estimate of drug-likeness (QED) is 0.885. The number of aryl methyl sites for hydroxylation is 1. The predicted octanol–water partition coefficient (Wildman–Crippen LogP) is 3.96. The van der Waals surface area contributed by atoms with E-state index in [2.05, 4.69) is 48.3 Å². The molecule has 0 bridgehead atoms. The van der Waals surface area contributed by atoms with Crippen molar-refractivity contribution in [3.8, 4) is 0 Å². The molecule has 2 heterocycles. The second kappa shape index (κ2) is 7.61. The molecule has 2 unspecified atom stereocenters. The van der Waals surface area contributed by atoms with E-state index in [4.69, 9.17) is 0 Å². The molecule has 2 saturated heterocycles. The summed E-state index contributed by atoms with van der Waals surface area (Å²) < 4.78 is 0. The van der Waals surface area contributed by atoms with Gasteiger partial charge < -0.3 is 10.2 Å². The molecule has 0 amide bonds. The number of hydrogen-bond donors (Lipinski definition) is 1. The van der Waals surface area contributed by atoms with Gasteiger partial charge in [-0.3, -0.25) is 0 Å². The van der Waals surface area contributed by atoms with Crippen LogP contribution in [0.25, 0.3) is 0 Å². The number of piperidine rings is 1. The van der Waals surface area contributed by atoms with Crippen LogP contribution in [0.2, 0.25) is 0 Å². The van der Waals surface area contributed by atoms with E-state index < -0.39 is 0 Å². The van der Waals surface area contributed by atoms with E-state index in [1.54, 1.807) is 5.56 Å². The lowest BCUT2D eigenvalue weighted by atomic mass is 9.84. The Morgan fingerprint density at radius 1 is 1.18 bits per heavy atom. The molecule has 2 aliphatic heterocycles. The molecule has 0 aliphatic carbocycles. The second-order valence-corrected chi connectivity index (χ2v) is 7.30. The number of rotatable bonds is 5. The van der Waals surface area contributed by atoms with Gasteiger partial charge in [0.25, 0.3) is 0 Å². The average molecular weight is 300 g/mol. The van der Waals surface area contributed by atoms with E-state index in [-0.39, 0.29) is 0 Å². The lowest BCUT2D eigenvalue weighted by Crippen LogP contribution is -2.42. The number of nitrogens with zero attached hydrogens (tertiary/aromatic N) is 1. The largest absolute Gasteiger partial charge is 0.314 e. The van der Waals surface area contributed by atoms with Gasteiger partial charge in [-0.2, -0.15) is 0 Å². The van der Waals surface area contributed by atoms with Crippen LogP contribution in [0.3, 0.4) is 0 Å². The minimum Gasteiger partial charge on any atom is -0.314 e. The zero-order valence-electron chi connectivity index (χ0n) is 14.4. The Bertz CT molecular complexity index is 447. The van der Waals surface area contributed by atoms with Crippen LogP contribution < -0.4 is 5.32 Å². The number of hydrogen-bond acceptors (Lipinski definition) is 2. The van der Waals surface area contributed by atoms with Crippen molar-refractivity contribution in [2.45, 2.75) is 70.4 Å². The molecule has 0 aromatic heterocycles. The Hall–Kier alpha value is -0.860. The van der Waals surface area contributed by atoms with Crippen molar-refractivity contribution >= 4 is 0 Å². The topological polar surface area (TPSA) is 15.3 Å². The number of nitrogens with one attached hydrogen (secondary N) is 1. The van der Waals surface area contributed by atoms with Gasteiger partial charge in [0.1, 0.15) is 0 Å². The molecule has 22 heavy (non-hydrogen) atoms. The van der Waals surface area contributed by atoms with Crippen LogP contribution in [0, 0.1) is 0 Å². The lowest BCUT2D eigenvalue weighted by molar-refractivity contribution is 0.211. The molecule has 0 saturated carbocycles. The van der Waals surface area contributed by atoms with Gasteiger partial charge in [0.15, 0.2) is 0 Å². The summed E-state index contributed by atoms with van der Waals surface area (Å²) in [4.78, 5) is 2.68. The van der Waals surface area contributed by atoms with Gasteiger partial charge >= 0.3 is 0 Å². The number of benzene rings is 1. The van der Waals surface area contributed by atoms with Crippen molar-refractivity contribution in [2.75, 3.05) is 19.6 Å². The Balaban J connectivity index is 1.56. The molecule has 3 atom stereocenters. The minimum atomic E-state index is 0.695. The van der Waals surface area contributed by atoms with Crippen molar-refractivity contribution in [3.63, 3.8) is 0 Å². The molecule has 2 fully saturated rings. The molecular weight excluding hydrogens is 268 g/mol. The molecule has 1 N–H and O–H groups in total. The summed E-state index contributed by atoms with van der Waals surface area (Å²) in [6, 6.07) is 10.8. The van der Waals surface area contributed by atoms with Gasteiger partial charge in [-0.15, -0.1) is 0 Å². The first-order valence-corrected chi connectivity index (χ1v) is 9.32. The fraction of sp³-hybridized carbons (Fsp3) is 0.700. The van der Waals surface area contributed by atoms with E-state index >= 15 is 0 Å². The van der Waals surface area contributed by atoms with Crippen LogP contribution in [0.5, 0.6) is 0 Å². The summed E-state index contributed by atoms with van der Waals surface area (Å²) >= 11 is 0. The maximum atomic E-state index is 3.77. The van der Waals surface area contributed by atoms with Crippen molar-refractivity contribution < 1.29 is 0 Å². The zero-order chi connectivity index (χ0) is 15.4. The molecule has 122 valence electrons. The first-order valence-electron chi connectivity index (χ1n) is 9.32. The summed E-state index contributed by atoms with van der Waals surface area (Å²) in [5, 5.41) is 3.77. The van der Waals surface area contributed by atoms with E-state index in [9.17, 15) is 0 Å². The summed E-state index contributed by atoms with van der Waals surface area (Å²) in [5.74, 6) is 0.753. The third-order valence-corrected chi connectivity index (χ3v) is 5.74. The molecule has 1 aromatic rings. The summed E-state index contributed by atoms with van der Waals surface area (Å²) in [6.07, 6.45) is 7.85. The Kier molecular flexibility index (Phi) is 5.54. The van der Waals surface area contributed by atoms with Gasteiger partial charge in [-0.05, 0) is 82.1 Å². The highest BCUT2D eigenvalue weighted by atomic mass is 15.2. The molecule has 0 spiro atoms. The SMILES string of the molecule is CCc1ccc(C2CCN[C@@H](CC(C)N3CCCC3)C2)cc1. The maximum Gasteiger partial charge on any atom is 0.00876 e. The van der Waals surface area contributed by atoms with Crippen molar-refractivity contribution in [3.05, 3.63) is 35.4 Å². The smallest absolute Gasteiger partial charge is 0.00876 e. The first kappa shape index (κ1) is 16.0. The van der Waals surface area contributed by atoms with Crippen LogP contribution >= 0.6 is 0 Å². The predicted molar refractivity (Wildman–Crippen MR) is 94.5 cm³/mol. The van der Waals surface area contributed by atoms with E-state index in [1.165, 1.54) is 57.3 Å². The molecule has 2 heteroatoms. The first-order chi connectivity index (χ1) is 10.8. The van der Waals surface area contributed by atoms with E-state index in [0.717, 1.165) is 18.4 Å². The highest BCUT2D eigenvalue weighted by Crippen LogP contribution is 2.30. The van der Waals surface area contributed by atoms with Gasteiger partial charge in [-0.1, -0.05) is 31.2 Å². The lowest BCUT2D eigenvalue weighted by Gasteiger charge is -2.34. The van der Waals surface area contributed by atoms with Crippen molar-refractivity contribution in [2.24, 2.45) is 0 Å². The second-order valence-electron chi connectivity index (χ2n) is 7.30. The fourth-order valence-corrected chi connectivity index (χ4v) is 4.26. The molecule has 2 nitrogen and oxygen atoms in total. The third-order valence-electron chi connectivity index (χ3n) is 5.74. The normalized spacial score (nSPS) is 27.9. The molecule has 1 aromatic carbocycles. The molecule has 2 aliphatic rings. The van der Waals surface area contributed by atoms with Gasteiger partial charge in [0.05, 0.1) is 0 Å². The minimum absolute atomic E-state index is 0.695. The van der Waals surface area contributed by atoms with Crippen molar-refractivity contribution in [1.82, 2.24) is 10.2 Å². The summed E-state index contributed by atoms with van der Waals surface area (Å²) in [6.45, 7) is 8.46. The average Bonchev–Trinajstić information content (AvgIpc) is 3.10. The maximum absolute atomic E-state index is 3.77.